The van der Waals surface area contributed by atoms with Crippen LogP contribution in [0.5, 0.6) is 0 Å². The highest BCUT2D eigenvalue weighted by Gasteiger charge is 2.16. The van der Waals surface area contributed by atoms with Gasteiger partial charge in [-0.1, -0.05) is 33.3 Å². The molecule has 1 unspecified atom stereocenters. The van der Waals surface area contributed by atoms with Gasteiger partial charge < -0.3 is 0 Å². The van der Waals surface area contributed by atoms with Crippen LogP contribution in [0.3, 0.4) is 0 Å². The number of hydrogen-bond donors (Lipinski definition) is 0. The largest absolute Gasteiger partial charge is 0.295 e. The van der Waals surface area contributed by atoms with Gasteiger partial charge in [-0.25, -0.2) is 0 Å². The molecule has 1 rings (SSSR count). The molecule has 1 heteroatoms. The summed E-state index contributed by atoms with van der Waals surface area (Å²) in [6, 6.07) is 0. The van der Waals surface area contributed by atoms with Gasteiger partial charge in [-0.2, -0.15) is 0 Å². The van der Waals surface area contributed by atoms with Gasteiger partial charge in [-0.3, -0.25) is 4.79 Å². The summed E-state index contributed by atoms with van der Waals surface area (Å²) in [5, 5.41) is 0. The molecule has 0 saturated carbocycles. The van der Waals surface area contributed by atoms with E-state index < -0.39 is 0 Å². The quantitative estimate of drug-likeness (QED) is 0.664. The predicted octanol–water partition coefficient (Wildman–Crippen LogP) is 4.13. The Labute approximate surface area is 93.9 Å². The van der Waals surface area contributed by atoms with Crippen LogP contribution in [-0.2, 0) is 4.79 Å². The van der Waals surface area contributed by atoms with Crippen molar-refractivity contribution >= 4 is 5.78 Å². The van der Waals surface area contributed by atoms with Crippen LogP contribution in [0.15, 0.2) is 11.6 Å². The van der Waals surface area contributed by atoms with Crippen LogP contribution in [0.1, 0.15) is 59.3 Å². The number of allylic oxidation sites excluding steroid dienone is 2. The minimum atomic E-state index is 0.405. The lowest BCUT2D eigenvalue weighted by Gasteiger charge is -2.18. The Kier molecular flexibility index (Phi) is 5.07. The zero-order chi connectivity index (χ0) is 11.3. The molecule has 0 radical (unpaired) electrons. The summed E-state index contributed by atoms with van der Waals surface area (Å²) >= 11 is 0. The molecule has 0 heterocycles. The molecule has 0 aliphatic heterocycles. The molecule has 0 spiro atoms. The molecule has 0 fully saturated rings. The zero-order valence-corrected chi connectivity index (χ0v) is 10.4. The van der Waals surface area contributed by atoms with Gasteiger partial charge in [-0.15, -0.1) is 0 Å². The van der Waals surface area contributed by atoms with Gasteiger partial charge >= 0.3 is 0 Å². The van der Waals surface area contributed by atoms with Crippen LogP contribution in [0.25, 0.3) is 0 Å². The normalized spacial score (nSPS) is 21.6. The summed E-state index contributed by atoms with van der Waals surface area (Å²) in [5.74, 6) is 1.83. The highest BCUT2D eigenvalue weighted by molar-refractivity contribution is 5.95. The van der Waals surface area contributed by atoms with Gasteiger partial charge in [0.15, 0.2) is 5.78 Å². The molecule has 1 atom stereocenters. The predicted molar refractivity (Wildman–Crippen MR) is 64.8 cm³/mol. The van der Waals surface area contributed by atoms with Crippen molar-refractivity contribution in [2.75, 3.05) is 0 Å². The SMILES string of the molecule is CC(C)CCCC(=O)C1=CCCC(C)C1. The van der Waals surface area contributed by atoms with E-state index in [1.54, 1.807) is 0 Å². The maximum Gasteiger partial charge on any atom is 0.158 e. The fourth-order valence-corrected chi connectivity index (χ4v) is 2.16. The van der Waals surface area contributed by atoms with Crippen molar-refractivity contribution in [3.63, 3.8) is 0 Å². The molecule has 0 N–H and O–H groups in total. The molecular formula is C14H24O. The monoisotopic (exact) mass is 208 g/mol. The van der Waals surface area contributed by atoms with Gasteiger partial charge in [0.05, 0.1) is 0 Å². The van der Waals surface area contributed by atoms with Gasteiger partial charge in [0.2, 0.25) is 0 Å². The van der Waals surface area contributed by atoms with Crippen LogP contribution >= 0.6 is 0 Å². The average Bonchev–Trinajstić information content (AvgIpc) is 2.17. The van der Waals surface area contributed by atoms with E-state index in [-0.39, 0.29) is 0 Å². The van der Waals surface area contributed by atoms with Crippen molar-refractivity contribution in [1.82, 2.24) is 0 Å². The van der Waals surface area contributed by atoms with Gasteiger partial charge in [0.1, 0.15) is 0 Å². The van der Waals surface area contributed by atoms with Gasteiger partial charge in [-0.05, 0) is 43.1 Å². The second-order valence-corrected chi connectivity index (χ2v) is 5.33. The number of rotatable bonds is 5. The number of carbonyl (C=O) groups excluding carboxylic acids is 1. The lowest BCUT2D eigenvalue weighted by molar-refractivity contribution is -0.116. The Hall–Kier alpha value is -0.590. The molecule has 1 aliphatic rings. The van der Waals surface area contributed by atoms with Crippen LogP contribution < -0.4 is 0 Å². The lowest BCUT2D eigenvalue weighted by atomic mass is 9.87. The number of ketones is 1. The second-order valence-electron chi connectivity index (χ2n) is 5.33. The summed E-state index contributed by atoms with van der Waals surface area (Å²) in [5.41, 5.74) is 1.11. The van der Waals surface area contributed by atoms with E-state index in [4.69, 9.17) is 0 Å². The molecule has 0 bridgehead atoms. The molecule has 0 aromatic heterocycles. The first-order valence-electron chi connectivity index (χ1n) is 6.31. The Morgan fingerprint density at radius 1 is 1.53 bits per heavy atom. The summed E-state index contributed by atoms with van der Waals surface area (Å²) < 4.78 is 0. The fourth-order valence-electron chi connectivity index (χ4n) is 2.16. The molecule has 1 aliphatic carbocycles. The molecule has 0 saturated heterocycles. The minimum Gasteiger partial charge on any atom is -0.295 e. The smallest absolute Gasteiger partial charge is 0.158 e. The van der Waals surface area contributed by atoms with E-state index in [1.165, 1.54) is 12.8 Å². The average molecular weight is 208 g/mol. The Morgan fingerprint density at radius 3 is 2.87 bits per heavy atom. The van der Waals surface area contributed by atoms with Crippen molar-refractivity contribution in [3.8, 4) is 0 Å². The maximum absolute atomic E-state index is 11.9. The van der Waals surface area contributed by atoms with Crippen molar-refractivity contribution in [2.45, 2.75) is 59.3 Å². The van der Waals surface area contributed by atoms with Crippen LogP contribution in [0.4, 0.5) is 0 Å². The third-order valence-electron chi connectivity index (χ3n) is 3.16. The zero-order valence-electron chi connectivity index (χ0n) is 10.4. The third kappa shape index (κ3) is 4.63. The number of Topliss-reactive ketones (excluding diaryl/α,β-unsaturated/α-hetero) is 1. The van der Waals surface area contributed by atoms with E-state index in [0.29, 0.717) is 11.7 Å². The standard InChI is InChI=1S/C14H24O/c1-11(2)6-4-9-14(15)13-8-5-7-12(3)10-13/h8,11-12H,4-7,9-10H2,1-3H3. The second kappa shape index (κ2) is 6.09. The highest BCUT2D eigenvalue weighted by atomic mass is 16.1. The highest BCUT2D eigenvalue weighted by Crippen LogP contribution is 2.25. The third-order valence-corrected chi connectivity index (χ3v) is 3.16. The van der Waals surface area contributed by atoms with E-state index in [9.17, 15) is 4.79 Å². The van der Waals surface area contributed by atoms with E-state index in [0.717, 1.165) is 37.2 Å². The summed E-state index contributed by atoms with van der Waals surface area (Å²) in [4.78, 5) is 11.9. The molecular weight excluding hydrogens is 184 g/mol. The molecule has 0 amide bonds. The molecule has 1 nitrogen and oxygen atoms in total. The summed E-state index contributed by atoms with van der Waals surface area (Å²) in [7, 11) is 0. The van der Waals surface area contributed by atoms with Crippen molar-refractivity contribution in [2.24, 2.45) is 11.8 Å². The van der Waals surface area contributed by atoms with Crippen LogP contribution in [0.2, 0.25) is 0 Å². The maximum atomic E-state index is 11.9. The lowest BCUT2D eigenvalue weighted by Crippen LogP contribution is -2.11. The first-order valence-corrected chi connectivity index (χ1v) is 6.31. The summed E-state index contributed by atoms with van der Waals surface area (Å²) in [6.45, 7) is 6.67. The van der Waals surface area contributed by atoms with E-state index >= 15 is 0 Å². The first-order chi connectivity index (χ1) is 7.09. The summed E-state index contributed by atoms with van der Waals surface area (Å²) in [6.07, 6.45) is 8.53. The van der Waals surface area contributed by atoms with E-state index in [1.807, 2.05) is 0 Å². The van der Waals surface area contributed by atoms with Gasteiger partial charge in [0, 0.05) is 6.42 Å². The Morgan fingerprint density at radius 2 is 2.27 bits per heavy atom. The minimum absolute atomic E-state index is 0.405. The fraction of sp³-hybridized carbons (Fsp3) is 0.786. The Bertz CT molecular complexity index is 238. The van der Waals surface area contributed by atoms with Crippen LogP contribution in [0, 0.1) is 11.8 Å². The molecule has 86 valence electrons. The van der Waals surface area contributed by atoms with Crippen molar-refractivity contribution in [3.05, 3.63) is 11.6 Å². The molecule has 0 aromatic carbocycles. The van der Waals surface area contributed by atoms with Crippen molar-refractivity contribution in [1.29, 1.82) is 0 Å². The molecule has 15 heavy (non-hydrogen) atoms. The van der Waals surface area contributed by atoms with E-state index in [2.05, 4.69) is 26.8 Å². The topological polar surface area (TPSA) is 17.1 Å². The first kappa shape index (κ1) is 12.5. The molecule has 0 aromatic rings. The Balaban J connectivity index is 2.30. The number of carbonyl (C=O) groups is 1. The van der Waals surface area contributed by atoms with Crippen LogP contribution in [-0.4, -0.2) is 5.78 Å². The van der Waals surface area contributed by atoms with Gasteiger partial charge in [0.25, 0.3) is 0 Å². The van der Waals surface area contributed by atoms with Crippen molar-refractivity contribution < 1.29 is 4.79 Å². The number of hydrogen-bond acceptors (Lipinski definition) is 1.